The minimum absolute atomic E-state index is 0.0238. The third-order valence-electron chi connectivity index (χ3n) is 5.47. The van der Waals surface area contributed by atoms with Crippen LogP contribution in [0.3, 0.4) is 0 Å². The molecule has 4 rings (SSSR count). The Bertz CT molecular complexity index is 749. The summed E-state index contributed by atoms with van der Waals surface area (Å²) in [6, 6.07) is 8.74. The smallest absolute Gasteiger partial charge is 0.338 e. The molecule has 8 nitrogen and oxygen atoms in total. The van der Waals surface area contributed by atoms with Crippen molar-refractivity contribution in [3.05, 3.63) is 35.9 Å². The largest absolute Gasteiger partial charge is 0.459 e. The number of ether oxygens (including phenoxy) is 6. The summed E-state index contributed by atoms with van der Waals surface area (Å²) in [5.41, 5.74) is 0.458. The number of hydrogen-bond acceptors (Lipinski definition) is 8. The van der Waals surface area contributed by atoms with E-state index in [4.69, 9.17) is 28.4 Å². The van der Waals surface area contributed by atoms with Gasteiger partial charge in [0.2, 0.25) is 0 Å². The van der Waals surface area contributed by atoms with Crippen molar-refractivity contribution in [2.45, 2.75) is 82.3 Å². The van der Waals surface area contributed by atoms with Gasteiger partial charge in [0.05, 0.1) is 24.4 Å². The maximum absolute atomic E-state index is 12.3. The van der Waals surface area contributed by atoms with E-state index in [1.807, 2.05) is 19.9 Å². The standard InChI is InChI=1S/C22H30O8/c1-21(2)26-11-14(28-21)10-15-18(27-15)17(23)19-16(29-22(3,4)30-19)12-25-20(24)13-8-6-5-7-9-13/h5-9,14-19,23H,10-12H2,1-4H3/t14-,15-,16+,17+,18-,19+/m0/s1. The van der Waals surface area contributed by atoms with Gasteiger partial charge in [-0.1, -0.05) is 18.2 Å². The van der Waals surface area contributed by atoms with Crippen LogP contribution in [0.4, 0.5) is 0 Å². The number of carbonyl (C=O) groups excluding carboxylic acids is 1. The molecule has 8 heteroatoms. The molecule has 1 N–H and O–H groups in total. The van der Waals surface area contributed by atoms with Crippen LogP contribution >= 0.6 is 0 Å². The van der Waals surface area contributed by atoms with E-state index in [1.165, 1.54) is 0 Å². The highest BCUT2D eigenvalue weighted by atomic mass is 16.8. The topological polar surface area (TPSA) is 96.0 Å². The Hall–Kier alpha value is -1.55. The van der Waals surface area contributed by atoms with Gasteiger partial charge in [0.1, 0.15) is 31.0 Å². The highest BCUT2D eigenvalue weighted by molar-refractivity contribution is 5.89. The van der Waals surface area contributed by atoms with Gasteiger partial charge >= 0.3 is 5.97 Å². The van der Waals surface area contributed by atoms with Crippen molar-refractivity contribution in [2.24, 2.45) is 0 Å². The van der Waals surface area contributed by atoms with Crippen LogP contribution in [-0.2, 0) is 28.4 Å². The average molecular weight is 422 g/mol. The lowest BCUT2D eigenvalue weighted by Gasteiger charge is -2.21. The lowest BCUT2D eigenvalue weighted by atomic mass is 10.0. The molecule has 3 heterocycles. The van der Waals surface area contributed by atoms with Crippen molar-refractivity contribution in [1.82, 2.24) is 0 Å². The van der Waals surface area contributed by atoms with Crippen molar-refractivity contribution in [2.75, 3.05) is 13.2 Å². The number of carbonyl (C=O) groups is 1. The second-order valence-corrected chi connectivity index (χ2v) is 8.92. The molecule has 0 bridgehead atoms. The van der Waals surface area contributed by atoms with Gasteiger partial charge in [-0.05, 0) is 39.8 Å². The molecule has 1 aromatic carbocycles. The number of rotatable bonds is 7. The van der Waals surface area contributed by atoms with Crippen LogP contribution in [0.25, 0.3) is 0 Å². The maximum atomic E-state index is 12.3. The lowest BCUT2D eigenvalue weighted by molar-refractivity contribution is -0.158. The second-order valence-electron chi connectivity index (χ2n) is 8.92. The number of aliphatic hydroxyl groups excluding tert-OH is 1. The highest BCUT2D eigenvalue weighted by Gasteiger charge is 2.55. The van der Waals surface area contributed by atoms with Crippen LogP contribution in [-0.4, -0.2) is 72.5 Å². The fourth-order valence-electron chi connectivity index (χ4n) is 4.07. The van der Waals surface area contributed by atoms with Gasteiger partial charge in [-0.2, -0.15) is 0 Å². The number of epoxide rings is 1. The molecular formula is C22H30O8. The fourth-order valence-corrected chi connectivity index (χ4v) is 4.07. The minimum atomic E-state index is -0.910. The van der Waals surface area contributed by atoms with Crippen molar-refractivity contribution in [3.8, 4) is 0 Å². The van der Waals surface area contributed by atoms with E-state index in [-0.39, 0.29) is 24.9 Å². The zero-order valence-corrected chi connectivity index (χ0v) is 17.8. The van der Waals surface area contributed by atoms with Crippen molar-refractivity contribution in [1.29, 1.82) is 0 Å². The van der Waals surface area contributed by atoms with Crippen LogP contribution in [0, 0.1) is 0 Å². The van der Waals surface area contributed by atoms with Gasteiger partial charge in [0.15, 0.2) is 11.6 Å². The molecule has 1 aromatic rings. The molecule has 166 valence electrons. The Morgan fingerprint density at radius 1 is 1.07 bits per heavy atom. The molecule has 0 aromatic heterocycles. The molecule has 3 aliphatic rings. The summed E-state index contributed by atoms with van der Waals surface area (Å²) >= 11 is 0. The summed E-state index contributed by atoms with van der Waals surface area (Å²) in [7, 11) is 0. The summed E-state index contributed by atoms with van der Waals surface area (Å²) in [5.74, 6) is -1.93. The first kappa shape index (κ1) is 21.7. The summed E-state index contributed by atoms with van der Waals surface area (Å²) in [6.45, 7) is 7.76. The van der Waals surface area contributed by atoms with E-state index in [9.17, 15) is 9.90 Å². The average Bonchev–Trinajstić information content (AvgIpc) is 3.26. The number of esters is 1. The van der Waals surface area contributed by atoms with E-state index < -0.39 is 35.9 Å². The summed E-state index contributed by atoms with van der Waals surface area (Å²) in [6.07, 6.45) is -2.13. The predicted octanol–water partition coefficient (Wildman–Crippen LogP) is 2.03. The van der Waals surface area contributed by atoms with Crippen LogP contribution < -0.4 is 0 Å². The first-order valence-corrected chi connectivity index (χ1v) is 10.4. The molecule has 0 radical (unpaired) electrons. The van der Waals surface area contributed by atoms with E-state index in [0.29, 0.717) is 18.6 Å². The third kappa shape index (κ3) is 5.01. The highest BCUT2D eigenvalue weighted by Crippen LogP contribution is 2.39. The second kappa shape index (κ2) is 8.18. The zero-order valence-electron chi connectivity index (χ0n) is 17.8. The van der Waals surface area contributed by atoms with Gasteiger partial charge in [-0.3, -0.25) is 0 Å². The summed E-state index contributed by atoms with van der Waals surface area (Å²) in [5, 5.41) is 10.9. The molecule has 0 aliphatic carbocycles. The Kier molecular flexibility index (Phi) is 5.91. The van der Waals surface area contributed by atoms with Gasteiger partial charge in [-0.25, -0.2) is 4.79 Å². The summed E-state index contributed by atoms with van der Waals surface area (Å²) < 4.78 is 34.3. The monoisotopic (exact) mass is 422 g/mol. The third-order valence-corrected chi connectivity index (χ3v) is 5.47. The lowest BCUT2D eigenvalue weighted by Crippen LogP contribution is -2.42. The minimum Gasteiger partial charge on any atom is -0.459 e. The van der Waals surface area contributed by atoms with Gasteiger partial charge < -0.3 is 33.5 Å². The first-order valence-electron chi connectivity index (χ1n) is 10.4. The number of aliphatic hydroxyl groups is 1. The number of benzene rings is 1. The summed E-state index contributed by atoms with van der Waals surface area (Å²) in [4.78, 5) is 12.3. The first-order chi connectivity index (χ1) is 14.1. The van der Waals surface area contributed by atoms with Crippen LogP contribution in [0.15, 0.2) is 30.3 Å². The molecule has 3 saturated heterocycles. The molecule has 3 fully saturated rings. The molecule has 6 atom stereocenters. The van der Waals surface area contributed by atoms with E-state index >= 15 is 0 Å². The quantitative estimate of drug-likeness (QED) is 0.527. The predicted molar refractivity (Wildman–Crippen MR) is 105 cm³/mol. The van der Waals surface area contributed by atoms with E-state index in [2.05, 4.69) is 0 Å². The Balaban J connectivity index is 1.32. The molecular weight excluding hydrogens is 392 g/mol. The molecule has 3 aliphatic heterocycles. The fraction of sp³-hybridized carbons (Fsp3) is 0.682. The zero-order chi connectivity index (χ0) is 21.5. The molecule has 30 heavy (non-hydrogen) atoms. The maximum Gasteiger partial charge on any atom is 0.338 e. The molecule has 0 spiro atoms. The molecule has 0 saturated carbocycles. The van der Waals surface area contributed by atoms with Crippen LogP contribution in [0.1, 0.15) is 44.5 Å². The molecule has 0 amide bonds. The SMILES string of the molecule is CC1(C)OC[C@H](C[C@@H]2O[C@@H]2[C@@H](O)[C@@H]2OC(C)(C)O[C@@H]2COC(=O)c2ccccc2)O1. The Morgan fingerprint density at radius 3 is 2.47 bits per heavy atom. The van der Waals surface area contributed by atoms with E-state index in [0.717, 1.165) is 0 Å². The van der Waals surface area contributed by atoms with Crippen molar-refractivity contribution >= 4 is 5.97 Å². The Labute approximate surface area is 176 Å². The van der Waals surface area contributed by atoms with Crippen molar-refractivity contribution < 1.29 is 38.3 Å². The van der Waals surface area contributed by atoms with Crippen LogP contribution in [0.2, 0.25) is 0 Å². The van der Waals surface area contributed by atoms with Gasteiger partial charge in [-0.15, -0.1) is 0 Å². The molecule has 0 unspecified atom stereocenters. The van der Waals surface area contributed by atoms with Gasteiger partial charge in [0, 0.05) is 6.42 Å². The van der Waals surface area contributed by atoms with Gasteiger partial charge in [0.25, 0.3) is 0 Å². The van der Waals surface area contributed by atoms with Crippen molar-refractivity contribution in [3.63, 3.8) is 0 Å². The normalized spacial score (nSPS) is 35.2. The van der Waals surface area contributed by atoms with Crippen LogP contribution in [0.5, 0.6) is 0 Å². The Morgan fingerprint density at radius 2 is 1.80 bits per heavy atom. The number of hydrogen-bond donors (Lipinski definition) is 1. The van der Waals surface area contributed by atoms with E-state index in [1.54, 1.807) is 38.1 Å².